The molecule has 0 aromatic heterocycles. The first kappa shape index (κ1) is 15.9. The highest BCUT2D eigenvalue weighted by Crippen LogP contribution is 2.16. The molecule has 1 fully saturated rings. The van der Waals surface area contributed by atoms with Gasteiger partial charge >= 0.3 is 0 Å². The Bertz CT molecular complexity index is 461. The maximum absolute atomic E-state index is 12.0. The van der Waals surface area contributed by atoms with Gasteiger partial charge < -0.3 is 14.7 Å². The molecule has 0 aliphatic carbocycles. The van der Waals surface area contributed by atoms with E-state index in [-0.39, 0.29) is 5.91 Å². The number of β-amino-alcohol motifs (C(OH)–C–C–N with tert-alkyl or cyclic N) is 1. The number of nitrogens with zero attached hydrogens (tertiary/aromatic N) is 2. The molecule has 1 aromatic rings. The van der Waals surface area contributed by atoms with E-state index in [9.17, 15) is 9.90 Å². The van der Waals surface area contributed by atoms with E-state index in [1.165, 1.54) is 5.56 Å². The first-order valence-corrected chi connectivity index (χ1v) is 7.34. The van der Waals surface area contributed by atoms with Gasteiger partial charge in [0.2, 0.25) is 5.91 Å². The van der Waals surface area contributed by atoms with Gasteiger partial charge in [0.25, 0.3) is 0 Å². The predicted octanol–water partition coefficient (Wildman–Crippen LogP) is 0.819. The minimum Gasteiger partial charge on any atom is -0.387 e. The number of rotatable bonds is 6. The van der Waals surface area contributed by atoms with Gasteiger partial charge in [-0.1, -0.05) is 29.8 Å². The van der Waals surface area contributed by atoms with Crippen molar-refractivity contribution in [2.75, 3.05) is 46.4 Å². The van der Waals surface area contributed by atoms with Crippen LogP contribution in [0.3, 0.4) is 0 Å². The first-order valence-electron chi connectivity index (χ1n) is 7.34. The van der Waals surface area contributed by atoms with Gasteiger partial charge in [-0.3, -0.25) is 9.69 Å². The summed E-state index contributed by atoms with van der Waals surface area (Å²) in [6, 6.07) is 7.87. The Morgan fingerprint density at radius 3 is 2.62 bits per heavy atom. The van der Waals surface area contributed by atoms with Crippen molar-refractivity contribution < 1.29 is 14.6 Å². The summed E-state index contributed by atoms with van der Waals surface area (Å²) in [7, 11) is 1.64. The molecule has 1 unspecified atom stereocenters. The van der Waals surface area contributed by atoms with Crippen molar-refractivity contribution in [1.82, 2.24) is 9.80 Å². The number of amides is 1. The first-order chi connectivity index (χ1) is 10.1. The SMILES string of the molecule is COCCN1CCN(CC(O)c2ccc(C)cc2)CC1=O. The zero-order valence-corrected chi connectivity index (χ0v) is 12.8. The molecule has 2 rings (SSSR count). The third-order valence-electron chi connectivity index (χ3n) is 3.86. The van der Waals surface area contributed by atoms with Crippen molar-refractivity contribution in [3.05, 3.63) is 35.4 Å². The summed E-state index contributed by atoms with van der Waals surface area (Å²) < 4.78 is 5.00. The molecule has 0 spiro atoms. The number of ether oxygens (including phenoxy) is 1. The van der Waals surface area contributed by atoms with E-state index in [0.717, 1.165) is 12.1 Å². The van der Waals surface area contributed by atoms with Crippen LogP contribution >= 0.6 is 0 Å². The summed E-state index contributed by atoms with van der Waals surface area (Å²) >= 11 is 0. The van der Waals surface area contributed by atoms with E-state index in [0.29, 0.717) is 32.8 Å². The predicted molar refractivity (Wildman–Crippen MR) is 81.0 cm³/mol. The number of methoxy groups -OCH3 is 1. The van der Waals surface area contributed by atoms with E-state index in [1.807, 2.05) is 41.0 Å². The summed E-state index contributed by atoms with van der Waals surface area (Å²) in [5, 5.41) is 10.3. The molecule has 5 nitrogen and oxygen atoms in total. The van der Waals surface area contributed by atoms with Crippen molar-refractivity contribution in [1.29, 1.82) is 0 Å². The standard InChI is InChI=1S/C16H24N2O3/c1-13-3-5-14(6-4-13)15(19)11-17-7-8-18(9-10-21-2)16(20)12-17/h3-6,15,19H,7-12H2,1-2H3. The lowest BCUT2D eigenvalue weighted by atomic mass is 10.1. The lowest BCUT2D eigenvalue weighted by Gasteiger charge is -2.35. The minimum atomic E-state index is -0.552. The maximum Gasteiger partial charge on any atom is 0.236 e. The van der Waals surface area contributed by atoms with Gasteiger partial charge in [-0.05, 0) is 12.5 Å². The molecular formula is C16H24N2O3. The Labute approximate surface area is 126 Å². The Morgan fingerprint density at radius 2 is 2.00 bits per heavy atom. The fourth-order valence-electron chi connectivity index (χ4n) is 2.49. The van der Waals surface area contributed by atoms with Crippen molar-refractivity contribution >= 4 is 5.91 Å². The van der Waals surface area contributed by atoms with E-state index in [2.05, 4.69) is 0 Å². The highest BCUT2D eigenvalue weighted by molar-refractivity contribution is 5.79. The lowest BCUT2D eigenvalue weighted by molar-refractivity contribution is -0.137. The van der Waals surface area contributed by atoms with Gasteiger partial charge in [0.1, 0.15) is 0 Å². The Balaban J connectivity index is 1.84. The molecule has 1 heterocycles. The van der Waals surface area contributed by atoms with Gasteiger partial charge in [-0.15, -0.1) is 0 Å². The van der Waals surface area contributed by atoms with Crippen LogP contribution in [0.5, 0.6) is 0 Å². The van der Waals surface area contributed by atoms with E-state index < -0.39 is 6.10 Å². The Morgan fingerprint density at radius 1 is 1.29 bits per heavy atom. The Hall–Kier alpha value is -1.43. The molecular weight excluding hydrogens is 268 g/mol. The molecule has 21 heavy (non-hydrogen) atoms. The minimum absolute atomic E-state index is 0.106. The third kappa shape index (κ3) is 4.52. The van der Waals surface area contributed by atoms with Gasteiger partial charge in [-0.25, -0.2) is 0 Å². The van der Waals surface area contributed by atoms with Gasteiger partial charge in [-0.2, -0.15) is 0 Å². The average Bonchev–Trinajstić information content (AvgIpc) is 2.47. The second kappa shape index (κ2) is 7.54. The molecule has 0 radical (unpaired) electrons. The Kier molecular flexibility index (Phi) is 5.73. The van der Waals surface area contributed by atoms with Crippen LogP contribution in [0.4, 0.5) is 0 Å². The van der Waals surface area contributed by atoms with Crippen molar-refractivity contribution in [2.45, 2.75) is 13.0 Å². The van der Waals surface area contributed by atoms with E-state index in [1.54, 1.807) is 7.11 Å². The molecule has 116 valence electrons. The number of aryl methyl sites for hydroxylation is 1. The molecule has 1 aliphatic rings. The van der Waals surface area contributed by atoms with Crippen LogP contribution in [-0.2, 0) is 9.53 Å². The molecule has 0 saturated carbocycles. The van der Waals surface area contributed by atoms with Crippen LogP contribution < -0.4 is 0 Å². The molecule has 1 aliphatic heterocycles. The number of piperazine rings is 1. The zero-order valence-electron chi connectivity index (χ0n) is 12.8. The van der Waals surface area contributed by atoms with Crippen LogP contribution in [0.1, 0.15) is 17.2 Å². The number of hydrogen-bond acceptors (Lipinski definition) is 4. The van der Waals surface area contributed by atoms with Crippen LogP contribution in [0, 0.1) is 6.92 Å². The zero-order chi connectivity index (χ0) is 15.2. The van der Waals surface area contributed by atoms with Crippen LogP contribution in [0.25, 0.3) is 0 Å². The number of carbonyl (C=O) groups excluding carboxylic acids is 1. The number of hydrogen-bond donors (Lipinski definition) is 1. The maximum atomic E-state index is 12.0. The number of aliphatic hydroxyl groups excluding tert-OH is 1. The van der Waals surface area contributed by atoms with Crippen molar-refractivity contribution in [3.63, 3.8) is 0 Å². The third-order valence-corrected chi connectivity index (χ3v) is 3.86. The second-order valence-electron chi connectivity index (χ2n) is 5.54. The van der Waals surface area contributed by atoms with Crippen LogP contribution in [0.2, 0.25) is 0 Å². The molecule has 0 bridgehead atoms. The van der Waals surface area contributed by atoms with Crippen molar-refractivity contribution in [2.24, 2.45) is 0 Å². The summed E-state index contributed by atoms with van der Waals surface area (Å²) in [5.74, 6) is 0.106. The fraction of sp³-hybridized carbons (Fsp3) is 0.562. The van der Waals surface area contributed by atoms with E-state index in [4.69, 9.17) is 4.74 Å². The van der Waals surface area contributed by atoms with Crippen molar-refractivity contribution in [3.8, 4) is 0 Å². The molecule has 1 atom stereocenters. The second-order valence-corrected chi connectivity index (χ2v) is 5.54. The van der Waals surface area contributed by atoms with Crippen LogP contribution in [-0.4, -0.2) is 67.3 Å². The van der Waals surface area contributed by atoms with Gasteiger partial charge in [0, 0.05) is 33.3 Å². The smallest absolute Gasteiger partial charge is 0.236 e. The molecule has 1 amide bonds. The summed E-state index contributed by atoms with van der Waals surface area (Å²) in [4.78, 5) is 15.8. The molecule has 1 aromatic carbocycles. The van der Waals surface area contributed by atoms with Crippen LogP contribution in [0.15, 0.2) is 24.3 Å². The quantitative estimate of drug-likeness (QED) is 0.843. The summed E-state index contributed by atoms with van der Waals surface area (Å²) in [6.45, 7) is 5.58. The molecule has 1 N–H and O–H groups in total. The highest BCUT2D eigenvalue weighted by atomic mass is 16.5. The normalized spacial score (nSPS) is 18.0. The number of carbonyl (C=O) groups is 1. The number of aliphatic hydroxyl groups is 1. The lowest BCUT2D eigenvalue weighted by Crippen LogP contribution is -2.51. The van der Waals surface area contributed by atoms with Gasteiger partial charge in [0.05, 0.1) is 19.3 Å². The summed E-state index contributed by atoms with van der Waals surface area (Å²) in [5.41, 5.74) is 2.07. The highest BCUT2D eigenvalue weighted by Gasteiger charge is 2.25. The topological polar surface area (TPSA) is 53.0 Å². The fourth-order valence-corrected chi connectivity index (χ4v) is 2.49. The largest absolute Gasteiger partial charge is 0.387 e. The monoisotopic (exact) mass is 292 g/mol. The summed E-state index contributed by atoms with van der Waals surface area (Å²) in [6.07, 6.45) is -0.552. The van der Waals surface area contributed by atoms with Gasteiger partial charge in [0.15, 0.2) is 0 Å². The number of benzene rings is 1. The van der Waals surface area contributed by atoms with E-state index >= 15 is 0 Å². The molecule has 5 heteroatoms. The average molecular weight is 292 g/mol. The molecule has 1 saturated heterocycles.